The first kappa shape index (κ1) is 22.6. The van der Waals surface area contributed by atoms with Gasteiger partial charge in [0.2, 0.25) is 0 Å². The average Bonchev–Trinajstić information content (AvgIpc) is 2.46. The van der Waals surface area contributed by atoms with Gasteiger partial charge in [0.1, 0.15) is 0 Å². The van der Waals surface area contributed by atoms with Gasteiger partial charge in [-0.15, -0.1) is 0 Å². The Balaban J connectivity index is 0. The summed E-state index contributed by atoms with van der Waals surface area (Å²) in [7, 11) is -6.00. The summed E-state index contributed by atoms with van der Waals surface area (Å²) in [5, 5.41) is 2.62. The van der Waals surface area contributed by atoms with Crippen molar-refractivity contribution in [3.8, 4) is 0 Å². The Hall–Kier alpha value is -1.41. The summed E-state index contributed by atoms with van der Waals surface area (Å²) < 4.78 is 39.0. The first-order valence-corrected chi connectivity index (χ1v) is 7.58. The molecule has 0 saturated carbocycles. The van der Waals surface area contributed by atoms with Gasteiger partial charge in [0.05, 0.1) is 0 Å². The number of benzene rings is 2. The summed E-state index contributed by atoms with van der Waals surface area (Å²) in [6.07, 6.45) is 14.0. The van der Waals surface area contributed by atoms with E-state index in [4.69, 9.17) is 0 Å². The molecule has 6 heteroatoms. The van der Waals surface area contributed by atoms with Crippen molar-refractivity contribution in [3.63, 3.8) is 0 Å². The molecule has 0 N–H and O–H groups in total. The second-order valence-electron chi connectivity index (χ2n) is 4.94. The predicted molar refractivity (Wildman–Crippen MR) is 92.0 cm³/mol. The molecule has 1 aliphatic rings. The summed E-state index contributed by atoms with van der Waals surface area (Å²) in [5.74, 6) is 0. The fourth-order valence-electron chi connectivity index (χ4n) is 1.99. The number of allylic oxidation sites excluding steroid dienone is 4. The van der Waals surface area contributed by atoms with Gasteiger partial charge in [-0.1, -0.05) is 72.8 Å². The predicted octanol–water partition coefficient (Wildman–Crippen LogP) is 6.92. The molecule has 2 aromatic carbocycles. The van der Waals surface area contributed by atoms with E-state index in [1.165, 1.54) is 36.5 Å². The van der Waals surface area contributed by atoms with E-state index in [0.29, 0.717) is 0 Å². The summed E-state index contributed by atoms with van der Waals surface area (Å²) in [5.41, 5.74) is 0. The Labute approximate surface area is 155 Å². The number of hydrogen-bond donors (Lipinski definition) is 0. The second-order valence-corrected chi connectivity index (χ2v) is 4.94. The second kappa shape index (κ2) is 12.9. The first-order valence-electron chi connectivity index (χ1n) is 7.58. The molecule has 133 valence electrons. The molecule has 24 heavy (non-hydrogen) atoms. The van der Waals surface area contributed by atoms with Gasteiger partial charge in [0.15, 0.2) is 0 Å². The van der Waals surface area contributed by atoms with Crippen LogP contribution in [0, 0.1) is 0 Å². The monoisotopic (exact) mass is 427 g/mol. The van der Waals surface area contributed by atoms with Crippen molar-refractivity contribution < 1.29 is 38.2 Å². The number of fused-ring (bicyclic) bond motifs is 1. The third-order valence-corrected chi connectivity index (χ3v) is 2.99. The van der Waals surface area contributed by atoms with Gasteiger partial charge in [-0.2, -0.15) is 0 Å². The van der Waals surface area contributed by atoms with Crippen LogP contribution in [0.5, 0.6) is 0 Å². The zero-order valence-corrected chi connectivity index (χ0v) is 14.8. The van der Waals surface area contributed by atoms with E-state index in [2.05, 4.69) is 72.8 Å². The van der Waals surface area contributed by atoms with Crippen LogP contribution in [0.3, 0.4) is 0 Å². The molecular weight excluding hydrogens is 406 g/mol. The number of hydrogen-bond acceptors (Lipinski definition) is 0. The van der Waals surface area contributed by atoms with E-state index >= 15 is 0 Å². The van der Waals surface area contributed by atoms with E-state index < -0.39 is 7.25 Å². The van der Waals surface area contributed by atoms with E-state index in [9.17, 15) is 17.3 Å². The summed E-state index contributed by atoms with van der Waals surface area (Å²) in [4.78, 5) is 0. The largest absolute Gasteiger partial charge is 1.00 e. The van der Waals surface area contributed by atoms with Gasteiger partial charge in [-0.3, -0.25) is 0 Å². The van der Waals surface area contributed by atoms with Crippen LogP contribution in [0.25, 0.3) is 10.8 Å². The summed E-state index contributed by atoms with van der Waals surface area (Å²) in [6, 6.07) is 16.7. The maximum atomic E-state index is 9.75. The van der Waals surface area contributed by atoms with E-state index in [1.54, 1.807) is 0 Å². The maximum absolute atomic E-state index is 9.75. The van der Waals surface area contributed by atoms with Gasteiger partial charge < -0.3 is 17.3 Å². The molecule has 1 aliphatic carbocycles. The summed E-state index contributed by atoms with van der Waals surface area (Å²) >= 11 is 0. The molecule has 0 amide bonds. The van der Waals surface area contributed by atoms with Crippen LogP contribution in [0.4, 0.5) is 17.3 Å². The van der Waals surface area contributed by atoms with Crippen molar-refractivity contribution in [1.29, 1.82) is 0 Å². The minimum absolute atomic E-state index is 0. The maximum Gasteiger partial charge on any atom is 1.00 e. The SMILES string of the molecule is C1=CCCC=CCC1.F[B-](F)(F)F.[H+].[Rh].c1ccc2ccccc2c1. The number of rotatable bonds is 0. The summed E-state index contributed by atoms with van der Waals surface area (Å²) in [6.45, 7) is 0. The van der Waals surface area contributed by atoms with Crippen molar-refractivity contribution >= 4 is 18.0 Å². The molecule has 0 aromatic heterocycles. The van der Waals surface area contributed by atoms with Crippen molar-refractivity contribution in [2.45, 2.75) is 25.7 Å². The molecule has 0 bridgehead atoms. The minimum Gasteiger partial charge on any atom is -0.418 e. The Morgan fingerprint density at radius 2 is 0.792 bits per heavy atom. The van der Waals surface area contributed by atoms with Gasteiger partial charge in [0, 0.05) is 19.5 Å². The molecule has 0 aliphatic heterocycles. The van der Waals surface area contributed by atoms with E-state index in [-0.39, 0.29) is 20.9 Å². The van der Waals surface area contributed by atoms with Crippen LogP contribution < -0.4 is 0 Å². The van der Waals surface area contributed by atoms with Gasteiger partial charge >= 0.3 is 8.68 Å². The third kappa shape index (κ3) is 13.1. The topological polar surface area (TPSA) is 0 Å². The van der Waals surface area contributed by atoms with Crippen LogP contribution in [-0.2, 0) is 19.5 Å². The molecule has 0 fully saturated rings. The zero-order chi connectivity index (χ0) is 17.0. The molecule has 0 spiro atoms. The number of halogens is 4. The standard InChI is InChI=1S/C10H8.C8H12.BF4.Rh/c1-2-6-10-8-4-3-7-9(10)5-1;1-2-4-6-8-7-5-3-1;2-1(3,4)5;/h1-8H;1-2,7-8H,3-6H2;;/q;;-1;/p+1. The molecular formula is C18H21BF4Rh. The Bertz CT molecular complexity index is 532. The van der Waals surface area contributed by atoms with Crippen molar-refractivity contribution in [3.05, 3.63) is 72.8 Å². The Morgan fingerprint density at radius 1 is 0.583 bits per heavy atom. The molecule has 0 nitrogen and oxygen atoms in total. The quantitative estimate of drug-likeness (QED) is 0.243. The molecule has 0 atom stereocenters. The molecule has 0 heterocycles. The van der Waals surface area contributed by atoms with Crippen molar-refractivity contribution in [2.75, 3.05) is 0 Å². The van der Waals surface area contributed by atoms with Crippen LogP contribution >= 0.6 is 0 Å². The van der Waals surface area contributed by atoms with Crippen LogP contribution in [0.1, 0.15) is 27.1 Å². The first-order chi connectivity index (χ1) is 11.0. The van der Waals surface area contributed by atoms with E-state index in [1.807, 2.05) is 0 Å². The van der Waals surface area contributed by atoms with E-state index in [0.717, 1.165) is 0 Å². The Morgan fingerprint density at radius 3 is 1.00 bits per heavy atom. The minimum atomic E-state index is -6.00. The fraction of sp³-hybridized carbons (Fsp3) is 0.222. The molecule has 2 aromatic rings. The smallest absolute Gasteiger partial charge is 0.418 e. The van der Waals surface area contributed by atoms with Gasteiger partial charge in [-0.25, -0.2) is 0 Å². The third-order valence-electron chi connectivity index (χ3n) is 2.99. The fourth-order valence-corrected chi connectivity index (χ4v) is 1.99. The molecule has 0 saturated heterocycles. The van der Waals surface area contributed by atoms with Crippen LogP contribution in [0.2, 0.25) is 0 Å². The van der Waals surface area contributed by atoms with Gasteiger partial charge in [-0.05, 0) is 36.5 Å². The van der Waals surface area contributed by atoms with Gasteiger partial charge in [0.25, 0.3) is 0 Å². The zero-order valence-electron chi connectivity index (χ0n) is 14.2. The molecule has 0 unspecified atom stereocenters. The van der Waals surface area contributed by atoms with Crippen LogP contribution in [-0.4, -0.2) is 7.25 Å². The normalized spacial score (nSPS) is 13.3. The van der Waals surface area contributed by atoms with Crippen LogP contribution in [0.15, 0.2) is 72.8 Å². The average molecular weight is 427 g/mol. The van der Waals surface area contributed by atoms with Crippen molar-refractivity contribution in [1.82, 2.24) is 0 Å². The van der Waals surface area contributed by atoms with Crippen molar-refractivity contribution in [2.24, 2.45) is 0 Å². The molecule has 1 radical (unpaired) electrons. The molecule has 3 rings (SSSR count). The Kier molecular flexibility index (Phi) is 12.2.